The molecule has 2 aromatic rings. The van der Waals surface area contributed by atoms with Gasteiger partial charge in [-0.3, -0.25) is 0 Å². The zero-order chi connectivity index (χ0) is 15.7. The molecule has 1 heterocycles. The molecule has 2 rings (SSSR count). The topological polar surface area (TPSA) is 94.9 Å². The number of hydrogen-bond donors (Lipinski definition) is 2. The summed E-state index contributed by atoms with van der Waals surface area (Å²) in [5, 5.41) is 3.49. The summed E-state index contributed by atoms with van der Waals surface area (Å²) in [7, 11) is 0. The van der Waals surface area contributed by atoms with Crippen LogP contribution in [0.3, 0.4) is 0 Å². The summed E-state index contributed by atoms with van der Waals surface area (Å²) in [4.78, 5) is 11.4. The summed E-state index contributed by atoms with van der Waals surface area (Å²) in [6.45, 7) is 5.67. The van der Waals surface area contributed by atoms with Crippen LogP contribution in [-0.4, -0.2) is 28.2 Å². The molecule has 0 aliphatic heterocycles. The summed E-state index contributed by atoms with van der Waals surface area (Å²) in [5.74, 6) is 0.248. The van der Waals surface area contributed by atoms with Gasteiger partial charge < -0.3 is 16.2 Å². The highest BCUT2D eigenvalue weighted by Crippen LogP contribution is 2.23. The zero-order valence-corrected chi connectivity index (χ0v) is 14.6. The Labute approximate surface area is 144 Å². The molecule has 0 atom stereocenters. The maximum absolute atomic E-state index is 5.95. The van der Waals surface area contributed by atoms with Crippen molar-refractivity contribution in [1.29, 1.82) is 0 Å². The average molecular weight is 367 g/mol. The van der Waals surface area contributed by atoms with Crippen molar-refractivity contribution in [3.63, 3.8) is 0 Å². The van der Waals surface area contributed by atoms with Crippen LogP contribution in [0.4, 0.5) is 11.6 Å². The molecule has 0 fully saturated rings. The van der Waals surface area contributed by atoms with Gasteiger partial charge in [-0.05, 0) is 49.2 Å². The molecular formula is C13H18Cl3N5O. The average Bonchev–Trinajstić information content (AvgIpc) is 2.42. The Morgan fingerprint density at radius 3 is 1.95 bits per heavy atom. The number of nitrogens with zero attached hydrogens (tertiary/aromatic N) is 3. The third kappa shape index (κ3) is 7.72. The Morgan fingerprint density at radius 1 is 0.955 bits per heavy atom. The SMILES string of the molecule is CCOCC.Clc1nc(Cl)nc(Nc2ccccc2Cl)n1.N. The number of hydrogen-bond acceptors (Lipinski definition) is 6. The van der Waals surface area contributed by atoms with Gasteiger partial charge in [0.2, 0.25) is 16.5 Å². The number of halogens is 3. The van der Waals surface area contributed by atoms with Gasteiger partial charge in [-0.1, -0.05) is 23.7 Å². The number of rotatable bonds is 4. The van der Waals surface area contributed by atoms with Gasteiger partial charge in [0.15, 0.2) is 0 Å². The number of nitrogens with one attached hydrogen (secondary N) is 1. The van der Waals surface area contributed by atoms with Gasteiger partial charge in [0, 0.05) is 13.2 Å². The minimum atomic E-state index is 0. The van der Waals surface area contributed by atoms with Crippen LogP contribution in [0, 0.1) is 0 Å². The lowest BCUT2D eigenvalue weighted by Gasteiger charge is -2.06. The van der Waals surface area contributed by atoms with Gasteiger partial charge >= 0.3 is 0 Å². The summed E-state index contributed by atoms with van der Waals surface area (Å²) < 4.78 is 4.83. The first-order valence-corrected chi connectivity index (χ1v) is 7.36. The van der Waals surface area contributed by atoms with Gasteiger partial charge in [-0.15, -0.1) is 0 Å². The molecule has 0 unspecified atom stereocenters. The Balaban J connectivity index is 0.000000644. The first-order valence-electron chi connectivity index (χ1n) is 6.23. The lowest BCUT2D eigenvalue weighted by atomic mass is 10.3. The van der Waals surface area contributed by atoms with Crippen LogP contribution in [-0.2, 0) is 4.74 Å². The maximum atomic E-state index is 5.95. The van der Waals surface area contributed by atoms with E-state index in [1.54, 1.807) is 12.1 Å². The Kier molecular flexibility index (Phi) is 10.8. The summed E-state index contributed by atoms with van der Waals surface area (Å²) >= 11 is 17.2. The number of anilines is 2. The van der Waals surface area contributed by atoms with E-state index in [9.17, 15) is 0 Å². The molecule has 22 heavy (non-hydrogen) atoms. The number of ether oxygens (including phenoxy) is 1. The van der Waals surface area contributed by atoms with E-state index in [0.29, 0.717) is 10.7 Å². The fourth-order valence-corrected chi connectivity index (χ4v) is 1.82. The molecule has 0 saturated carbocycles. The largest absolute Gasteiger partial charge is 0.382 e. The predicted molar refractivity (Wildman–Crippen MR) is 91.8 cm³/mol. The molecule has 4 N–H and O–H groups in total. The van der Waals surface area contributed by atoms with Crippen molar-refractivity contribution in [2.24, 2.45) is 0 Å². The van der Waals surface area contributed by atoms with E-state index in [0.717, 1.165) is 13.2 Å². The van der Waals surface area contributed by atoms with Crippen LogP contribution < -0.4 is 11.5 Å². The molecule has 0 aliphatic carbocycles. The van der Waals surface area contributed by atoms with Crippen molar-refractivity contribution in [1.82, 2.24) is 21.1 Å². The van der Waals surface area contributed by atoms with Gasteiger partial charge in [0.25, 0.3) is 0 Å². The molecular weight excluding hydrogens is 349 g/mol. The van der Waals surface area contributed by atoms with Gasteiger partial charge in [-0.2, -0.15) is 15.0 Å². The minimum absolute atomic E-state index is 0. The Morgan fingerprint density at radius 2 is 1.50 bits per heavy atom. The Hall–Kier alpha value is -1.18. The number of aromatic nitrogens is 3. The molecule has 1 aromatic heterocycles. The molecule has 122 valence electrons. The molecule has 0 spiro atoms. The predicted octanol–water partition coefficient (Wildman–Crippen LogP) is 4.78. The van der Waals surface area contributed by atoms with E-state index in [4.69, 9.17) is 39.5 Å². The van der Waals surface area contributed by atoms with E-state index in [1.165, 1.54) is 0 Å². The molecule has 0 aliphatic rings. The van der Waals surface area contributed by atoms with Crippen molar-refractivity contribution in [2.75, 3.05) is 18.5 Å². The lowest BCUT2D eigenvalue weighted by Crippen LogP contribution is -1.99. The highest BCUT2D eigenvalue weighted by Gasteiger charge is 2.05. The van der Waals surface area contributed by atoms with E-state index < -0.39 is 0 Å². The van der Waals surface area contributed by atoms with Gasteiger partial charge in [0.1, 0.15) is 0 Å². The van der Waals surface area contributed by atoms with E-state index in [2.05, 4.69) is 20.3 Å². The van der Waals surface area contributed by atoms with Crippen LogP contribution in [0.1, 0.15) is 13.8 Å². The van der Waals surface area contributed by atoms with Crippen molar-refractivity contribution < 1.29 is 4.74 Å². The van der Waals surface area contributed by atoms with Crippen molar-refractivity contribution in [2.45, 2.75) is 13.8 Å². The highest BCUT2D eigenvalue weighted by molar-refractivity contribution is 6.33. The monoisotopic (exact) mass is 365 g/mol. The maximum Gasteiger partial charge on any atom is 0.232 e. The first-order chi connectivity index (χ1) is 10.1. The van der Waals surface area contributed by atoms with Crippen LogP contribution in [0.2, 0.25) is 15.6 Å². The normalized spacial score (nSPS) is 9.32. The third-order valence-corrected chi connectivity index (χ3v) is 2.78. The van der Waals surface area contributed by atoms with Crippen molar-refractivity contribution in [3.8, 4) is 0 Å². The van der Waals surface area contributed by atoms with E-state index in [-0.39, 0.29) is 22.7 Å². The van der Waals surface area contributed by atoms with Gasteiger partial charge in [-0.25, -0.2) is 0 Å². The van der Waals surface area contributed by atoms with Crippen molar-refractivity contribution >= 4 is 46.4 Å². The fraction of sp³-hybridized carbons (Fsp3) is 0.308. The molecule has 0 saturated heterocycles. The minimum Gasteiger partial charge on any atom is -0.382 e. The Bertz CT molecular complexity index is 549. The second-order valence-corrected chi connectivity index (χ2v) is 4.67. The molecule has 0 bridgehead atoms. The second-order valence-electron chi connectivity index (χ2n) is 3.58. The van der Waals surface area contributed by atoms with E-state index in [1.807, 2.05) is 26.0 Å². The third-order valence-electron chi connectivity index (χ3n) is 2.11. The second kappa shape index (κ2) is 11.4. The molecule has 1 aromatic carbocycles. The van der Waals surface area contributed by atoms with E-state index >= 15 is 0 Å². The summed E-state index contributed by atoms with van der Waals surface area (Å²) in [6.07, 6.45) is 0. The zero-order valence-electron chi connectivity index (χ0n) is 12.3. The lowest BCUT2D eigenvalue weighted by molar-refractivity contribution is 0.162. The molecule has 9 heteroatoms. The summed E-state index contributed by atoms with van der Waals surface area (Å²) in [6, 6.07) is 7.18. The molecule has 0 amide bonds. The number of benzene rings is 1. The van der Waals surface area contributed by atoms with Crippen LogP contribution in [0.25, 0.3) is 0 Å². The van der Waals surface area contributed by atoms with Crippen LogP contribution in [0.5, 0.6) is 0 Å². The first kappa shape index (κ1) is 20.8. The molecule has 0 radical (unpaired) electrons. The summed E-state index contributed by atoms with van der Waals surface area (Å²) in [5.41, 5.74) is 0.669. The molecule has 6 nitrogen and oxygen atoms in total. The number of para-hydroxylation sites is 1. The van der Waals surface area contributed by atoms with Gasteiger partial charge in [0.05, 0.1) is 10.7 Å². The van der Waals surface area contributed by atoms with Crippen LogP contribution >= 0.6 is 34.8 Å². The quantitative estimate of drug-likeness (QED) is 0.808. The van der Waals surface area contributed by atoms with Crippen molar-refractivity contribution in [3.05, 3.63) is 39.9 Å². The van der Waals surface area contributed by atoms with Crippen LogP contribution in [0.15, 0.2) is 24.3 Å². The smallest absolute Gasteiger partial charge is 0.232 e. The standard InChI is InChI=1S/C9H5Cl3N4.C4H10O.H3N/c10-5-3-1-2-4-6(5)13-9-15-7(11)14-8(12)16-9;1-3-5-4-2;/h1-4H,(H,13,14,15,16);3-4H2,1-2H3;1H3. The highest BCUT2D eigenvalue weighted by atomic mass is 35.5. The fourth-order valence-electron chi connectivity index (χ4n) is 1.27.